The van der Waals surface area contributed by atoms with E-state index < -0.39 is 0 Å². The monoisotopic (exact) mass is 348 g/mol. The second kappa shape index (κ2) is 6.40. The maximum absolute atomic E-state index is 4.57. The van der Waals surface area contributed by atoms with Crippen LogP contribution in [0.4, 0.5) is 5.69 Å². The van der Waals surface area contributed by atoms with Gasteiger partial charge in [0.05, 0.1) is 11.9 Å². The Morgan fingerprint density at radius 3 is 2.19 bits per heavy atom. The highest BCUT2D eigenvalue weighted by atomic mass is 15.1. The highest BCUT2D eigenvalue weighted by Crippen LogP contribution is 2.46. The first-order valence-corrected chi connectivity index (χ1v) is 10.2. The molecule has 0 N–H and O–H groups in total. The fourth-order valence-corrected chi connectivity index (χ4v) is 4.68. The van der Waals surface area contributed by atoms with Gasteiger partial charge in [-0.1, -0.05) is 45.9 Å². The Labute approximate surface area is 158 Å². The molecule has 1 saturated heterocycles. The van der Waals surface area contributed by atoms with Crippen LogP contribution >= 0.6 is 0 Å². The molecular formula is C24H32N2. The van der Waals surface area contributed by atoms with Gasteiger partial charge in [0.15, 0.2) is 0 Å². The van der Waals surface area contributed by atoms with Gasteiger partial charge in [-0.2, -0.15) is 0 Å². The quantitative estimate of drug-likeness (QED) is 0.653. The molecule has 2 aliphatic rings. The first kappa shape index (κ1) is 17.6. The van der Waals surface area contributed by atoms with Crippen molar-refractivity contribution in [1.29, 1.82) is 0 Å². The van der Waals surface area contributed by atoms with Crippen LogP contribution in [-0.2, 0) is 10.8 Å². The first-order valence-electron chi connectivity index (χ1n) is 10.2. The van der Waals surface area contributed by atoms with Gasteiger partial charge < -0.3 is 4.90 Å². The van der Waals surface area contributed by atoms with Gasteiger partial charge in [0.1, 0.15) is 0 Å². The molecule has 1 aromatic carbocycles. The number of fused-ring (bicyclic) bond motifs is 1. The van der Waals surface area contributed by atoms with Crippen LogP contribution in [0.3, 0.4) is 0 Å². The summed E-state index contributed by atoms with van der Waals surface area (Å²) >= 11 is 0. The van der Waals surface area contributed by atoms with Crippen LogP contribution in [0.15, 0.2) is 36.7 Å². The predicted molar refractivity (Wildman–Crippen MR) is 111 cm³/mol. The summed E-state index contributed by atoms with van der Waals surface area (Å²) < 4.78 is 0. The molecule has 0 bridgehead atoms. The van der Waals surface area contributed by atoms with Gasteiger partial charge in [-0.05, 0) is 65.7 Å². The summed E-state index contributed by atoms with van der Waals surface area (Å²) in [6, 6.07) is 9.45. The lowest BCUT2D eigenvalue weighted by molar-refractivity contribution is 0.332. The topological polar surface area (TPSA) is 16.1 Å². The first-order chi connectivity index (χ1) is 12.4. The van der Waals surface area contributed by atoms with Crippen LogP contribution in [0.1, 0.15) is 70.9 Å². The molecule has 4 rings (SSSR count). The predicted octanol–water partition coefficient (Wildman–Crippen LogP) is 6.09. The van der Waals surface area contributed by atoms with Crippen molar-refractivity contribution >= 4 is 5.69 Å². The van der Waals surface area contributed by atoms with Crippen molar-refractivity contribution < 1.29 is 0 Å². The van der Waals surface area contributed by atoms with Crippen molar-refractivity contribution in [2.75, 3.05) is 18.0 Å². The average Bonchev–Trinajstić information content (AvgIpc) is 2.66. The molecule has 0 atom stereocenters. The minimum atomic E-state index is 0.249. The molecule has 1 fully saturated rings. The lowest BCUT2D eigenvalue weighted by atomic mass is 9.63. The van der Waals surface area contributed by atoms with Crippen molar-refractivity contribution in [1.82, 2.24) is 4.98 Å². The summed E-state index contributed by atoms with van der Waals surface area (Å²) in [5, 5.41) is 0. The SMILES string of the molecule is CC1(C)CCC(C)(C)c2cc(-c3cncc(N4CCCCC4)c3)ccc21. The summed E-state index contributed by atoms with van der Waals surface area (Å²) in [6.07, 6.45) is 10.5. The van der Waals surface area contributed by atoms with E-state index in [4.69, 9.17) is 0 Å². The highest BCUT2D eigenvalue weighted by molar-refractivity contribution is 5.69. The number of hydrogen-bond acceptors (Lipinski definition) is 2. The molecule has 0 spiro atoms. The van der Waals surface area contributed by atoms with Crippen molar-refractivity contribution in [2.24, 2.45) is 0 Å². The largest absolute Gasteiger partial charge is 0.370 e. The van der Waals surface area contributed by atoms with E-state index in [1.165, 1.54) is 60.0 Å². The molecule has 0 saturated carbocycles. The Balaban J connectivity index is 1.73. The zero-order chi connectivity index (χ0) is 18.4. The summed E-state index contributed by atoms with van der Waals surface area (Å²) in [7, 11) is 0. The molecule has 0 unspecified atom stereocenters. The lowest BCUT2D eigenvalue weighted by Gasteiger charge is -2.42. The van der Waals surface area contributed by atoms with Crippen molar-refractivity contribution in [3.8, 4) is 11.1 Å². The zero-order valence-electron chi connectivity index (χ0n) is 16.8. The molecule has 2 heterocycles. The van der Waals surface area contributed by atoms with E-state index >= 15 is 0 Å². The molecule has 2 heteroatoms. The Morgan fingerprint density at radius 1 is 0.769 bits per heavy atom. The molecule has 0 radical (unpaired) electrons. The number of benzene rings is 1. The third kappa shape index (κ3) is 3.15. The minimum absolute atomic E-state index is 0.249. The van der Waals surface area contributed by atoms with E-state index in [0.29, 0.717) is 0 Å². The van der Waals surface area contributed by atoms with Crippen LogP contribution in [0.2, 0.25) is 0 Å². The van der Waals surface area contributed by atoms with Gasteiger partial charge in [-0.15, -0.1) is 0 Å². The standard InChI is InChI=1S/C24H32N2/c1-23(2)10-11-24(3,4)22-15-18(8-9-21(22)23)19-14-20(17-25-16-19)26-12-6-5-7-13-26/h8-9,14-17H,5-7,10-13H2,1-4H3. The van der Waals surface area contributed by atoms with Crippen LogP contribution in [0, 0.1) is 0 Å². The van der Waals surface area contributed by atoms with Crippen LogP contribution in [-0.4, -0.2) is 18.1 Å². The van der Waals surface area contributed by atoms with E-state index in [9.17, 15) is 0 Å². The summed E-state index contributed by atoms with van der Waals surface area (Å²) in [4.78, 5) is 7.06. The third-order valence-electron chi connectivity index (χ3n) is 6.63. The zero-order valence-corrected chi connectivity index (χ0v) is 16.8. The third-order valence-corrected chi connectivity index (χ3v) is 6.63. The van der Waals surface area contributed by atoms with Crippen molar-refractivity contribution in [3.05, 3.63) is 47.8 Å². The second-order valence-corrected chi connectivity index (χ2v) is 9.51. The van der Waals surface area contributed by atoms with Crippen molar-refractivity contribution in [2.45, 2.75) is 70.6 Å². The van der Waals surface area contributed by atoms with Crippen LogP contribution < -0.4 is 4.90 Å². The highest BCUT2D eigenvalue weighted by Gasteiger charge is 2.36. The van der Waals surface area contributed by atoms with E-state index in [2.05, 4.69) is 61.8 Å². The van der Waals surface area contributed by atoms with Crippen molar-refractivity contribution in [3.63, 3.8) is 0 Å². The second-order valence-electron chi connectivity index (χ2n) is 9.51. The Bertz CT molecular complexity index is 798. The van der Waals surface area contributed by atoms with E-state index in [-0.39, 0.29) is 10.8 Å². The summed E-state index contributed by atoms with van der Waals surface area (Å²) in [6.45, 7) is 11.9. The maximum Gasteiger partial charge on any atom is 0.0558 e. The molecule has 26 heavy (non-hydrogen) atoms. The van der Waals surface area contributed by atoms with E-state index in [1.807, 2.05) is 12.4 Å². The van der Waals surface area contributed by atoms with E-state index in [1.54, 1.807) is 0 Å². The summed E-state index contributed by atoms with van der Waals surface area (Å²) in [5.41, 5.74) is 7.40. The van der Waals surface area contributed by atoms with Gasteiger partial charge in [-0.25, -0.2) is 0 Å². The van der Waals surface area contributed by atoms with E-state index in [0.717, 1.165) is 13.1 Å². The number of aromatic nitrogens is 1. The Morgan fingerprint density at radius 2 is 1.46 bits per heavy atom. The number of rotatable bonds is 2. The fraction of sp³-hybridized carbons (Fsp3) is 0.542. The molecule has 2 nitrogen and oxygen atoms in total. The molecular weight excluding hydrogens is 316 g/mol. The number of anilines is 1. The molecule has 1 aromatic heterocycles. The number of nitrogens with zero attached hydrogens (tertiary/aromatic N) is 2. The van der Waals surface area contributed by atoms with Gasteiger partial charge in [0, 0.05) is 24.8 Å². The maximum atomic E-state index is 4.57. The Hall–Kier alpha value is -1.83. The molecule has 1 aliphatic carbocycles. The normalized spacial score (nSPS) is 21.3. The van der Waals surface area contributed by atoms with Gasteiger partial charge in [-0.3, -0.25) is 4.98 Å². The molecule has 0 amide bonds. The summed E-state index contributed by atoms with van der Waals surface area (Å²) in [5.74, 6) is 0. The van der Waals surface area contributed by atoms with Gasteiger partial charge in [0.25, 0.3) is 0 Å². The number of piperidine rings is 1. The minimum Gasteiger partial charge on any atom is -0.370 e. The molecule has 2 aromatic rings. The molecule has 1 aliphatic heterocycles. The average molecular weight is 349 g/mol. The van der Waals surface area contributed by atoms with Crippen LogP contribution in [0.5, 0.6) is 0 Å². The van der Waals surface area contributed by atoms with Gasteiger partial charge >= 0.3 is 0 Å². The fourth-order valence-electron chi connectivity index (χ4n) is 4.68. The number of hydrogen-bond donors (Lipinski definition) is 0. The lowest BCUT2D eigenvalue weighted by Crippen LogP contribution is -2.33. The Kier molecular flexibility index (Phi) is 4.33. The number of pyridine rings is 1. The van der Waals surface area contributed by atoms with Crippen LogP contribution in [0.25, 0.3) is 11.1 Å². The smallest absolute Gasteiger partial charge is 0.0558 e. The van der Waals surface area contributed by atoms with Gasteiger partial charge in [0.2, 0.25) is 0 Å². The molecule has 138 valence electrons.